The molecule has 1 aliphatic heterocycles. The molecule has 0 spiro atoms. The number of likely N-dealkylation sites (tertiary alicyclic amines) is 1. The molecule has 3 amide bonds. The van der Waals surface area contributed by atoms with Crippen molar-refractivity contribution in [1.82, 2.24) is 10.2 Å². The summed E-state index contributed by atoms with van der Waals surface area (Å²) in [4.78, 5) is 38.9. The molecule has 2 aromatic rings. The molecule has 0 aromatic heterocycles. The van der Waals surface area contributed by atoms with Gasteiger partial charge in [0.25, 0.3) is 5.91 Å². The number of carbonyl (C=O) groups is 3. The van der Waals surface area contributed by atoms with Crippen molar-refractivity contribution in [1.29, 1.82) is 0 Å². The van der Waals surface area contributed by atoms with Gasteiger partial charge in [-0.05, 0) is 36.6 Å². The molecule has 9 heteroatoms. The van der Waals surface area contributed by atoms with Gasteiger partial charge in [-0.3, -0.25) is 14.4 Å². The van der Waals surface area contributed by atoms with E-state index in [9.17, 15) is 27.6 Å². The summed E-state index contributed by atoms with van der Waals surface area (Å²) in [6, 6.07) is 15.3. The number of rotatable bonds is 6. The number of anilines is 1. The van der Waals surface area contributed by atoms with Gasteiger partial charge in [-0.2, -0.15) is 13.2 Å². The van der Waals surface area contributed by atoms with E-state index in [-0.39, 0.29) is 29.0 Å². The third kappa shape index (κ3) is 7.20. The summed E-state index contributed by atoms with van der Waals surface area (Å²) in [7, 11) is 0. The summed E-state index contributed by atoms with van der Waals surface area (Å²) >= 11 is 0. The highest BCUT2D eigenvalue weighted by atomic mass is 19.4. The summed E-state index contributed by atoms with van der Waals surface area (Å²) in [5.74, 6) is -1.77. The SMILES string of the molecule is O=C(NCC(F)(F)F)c1ccccc1NC(=O)C1CCN(C(=O)/C=C/c2ccccc2)CC1. The zero-order chi connectivity index (χ0) is 23.8. The molecular formula is C24H24F3N3O3. The van der Waals surface area contributed by atoms with Crippen molar-refractivity contribution in [3.05, 3.63) is 71.8 Å². The van der Waals surface area contributed by atoms with E-state index in [0.29, 0.717) is 25.9 Å². The summed E-state index contributed by atoms with van der Waals surface area (Å²) < 4.78 is 37.2. The number of amides is 3. The molecular weight excluding hydrogens is 435 g/mol. The molecule has 0 bridgehead atoms. The van der Waals surface area contributed by atoms with Crippen LogP contribution in [0.5, 0.6) is 0 Å². The Bertz CT molecular complexity index is 1010. The first-order chi connectivity index (χ1) is 15.7. The molecule has 2 N–H and O–H groups in total. The maximum atomic E-state index is 12.7. The predicted octanol–water partition coefficient (Wildman–Crippen LogP) is 3.87. The van der Waals surface area contributed by atoms with Gasteiger partial charge in [0, 0.05) is 25.1 Å². The third-order valence-electron chi connectivity index (χ3n) is 5.27. The first kappa shape index (κ1) is 24.0. The minimum absolute atomic E-state index is 0.0474. The maximum absolute atomic E-state index is 12.7. The second-order valence-electron chi connectivity index (χ2n) is 7.68. The van der Waals surface area contributed by atoms with Gasteiger partial charge in [-0.15, -0.1) is 0 Å². The van der Waals surface area contributed by atoms with Gasteiger partial charge in [0.15, 0.2) is 0 Å². The highest BCUT2D eigenvalue weighted by Crippen LogP contribution is 2.22. The third-order valence-corrected chi connectivity index (χ3v) is 5.27. The van der Waals surface area contributed by atoms with Gasteiger partial charge in [-0.1, -0.05) is 42.5 Å². The van der Waals surface area contributed by atoms with Crippen LogP contribution in [0.3, 0.4) is 0 Å². The molecule has 6 nitrogen and oxygen atoms in total. The Morgan fingerprint density at radius 3 is 2.27 bits per heavy atom. The van der Waals surface area contributed by atoms with Gasteiger partial charge in [0.1, 0.15) is 6.54 Å². The largest absolute Gasteiger partial charge is 0.405 e. The number of nitrogens with one attached hydrogen (secondary N) is 2. The molecule has 1 saturated heterocycles. The van der Waals surface area contributed by atoms with E-state index in [0.717, 1.165) is 5.56 Å². The molecule has 1 fully saturated rings. The van der Waals surface area contributed by atoms with E-state index in [4.69, 9.17) is 0 Å². The monoisotopic (exact) mass is 459 g/mol. The zero-order valence-corrected chi connectivity index (χ0v) is 17.8. The fourth-order valence-electron chi connectivity index (χ4n) is 3.50. The van der Waals surface area contributed by atoms with Crippen LogP contribution < -0.4 is 10.6 Å². The smallest absolute Gasteiger partial charge is 0.343 e. The van der Waals surface area contributed by atoms with E-state index in [2.05, 4.69) is 5.32 Å². The van der Waals surface area contributed by atoms with Crippen LogP contribution in [-0.2, 0) is 9.59 Å². The standard InChI is InChI=1S/C24H24F3N3O3/c25-24(26,27)16-28-23(33)19-8-4-5-9-20(19)29-22(32)18-12-14-30(15-13-18)21(31)11-10-17-6-2-1-3-7-17/h1-11,18H,12-16H2,(H,28,33)(H,29,32)/b11-10+. The highest BCUT2D eigenvalue weighted by Gasteiger charge is 2.29. The summed E-state index contributed by atoms with van der Waals surface area (Å²) in [6.07, 6.45) is -0.401. The Morgan fingerprint density at radius 1 is 0.970 bits per heavy atom. The molecule has 2 aromatic carbocycles. The van der Waals surface area contributed by atoms with Gasteiger partial charge in [0.2, 0.25) is 11.8 Å². The second kappa shape index (κ2) is 10.8. The van der Waals surface area contributed by atoms with E-state index in [1.54, 1.807) is 17.0 Å². The first-order valence-corrected chi connectivity index (χ1v) is 10.5. The summed E-state index contributed by atoms with van der Waals surface area (Å²) in [5.41, 5.74) is 1.01. The highest BCUT2D eigenvalue weighted by molar-refractivity contribution is 6.04. The van der Waals surface area contributed by atoms with Crippen LogP contribution in [-0.4, -0.2) is 48.4 Å². The van der Waals surface area contributed by atoms with Gasteiger partial charge < -0.3 is 15.5 Å². The Morgan fingerprint density at radius 2 is 1.61 bits per heavy atom. The normalized spacial score (nSPS) is 14.8. The lowest BCUT2D eigenvalue weighted by atomic mass is 9.95. The van der Waals surface area contributed by atoms with Crippen LogP contribution in [0, 0.1) is 5.92 Å². The predicted molar refractivity (Wildman–Crippen MR) is 118 cm³/mol. The number of nitrogens with zero attached hydrogens (tertiary/aromatic N) is 1. The lowest BCUT2D eigenvalue weighted by Crippen LogP contribution is -2.41. The number of hydrogen-bond donors (Lipinski definition) is 2. The van der Waals surface area contributed by atoms with Gasteiger partial charge >= 0.3 is 6.18 Å². The van der Waals surface area contributed by atoms with Crippen molar-refractivity contribution in [2.45, 2.75) is 19.0 Å². The Hall–Kier alpha value is -3.62. The topological polar surface area (TPSA) is 78.5 Å². The second-order valence-corrected chi connectivity index (χ2v) is 7.68. The molecule has 0 radical (unpaired) electrons. The lowest BCUT2D eigenvalue weighted by Gasteiger charge is -2.30. The average Bonchev–Trinajstić information content (AvgIpc) is 2.81. The van der Waals surface area contributed by atoms with E-state index in [1.165, 1.54) is 24.3 Å². The Balaban J connectivity index is 1.54. The van der Waals surface area contributed by atoms with Crippen LogP contribution in [0.4, 0.5) is 18.9 Å². The molecule has 33 heavy (non-hydrogen) atoms. The van der Waals surface area contributed by atoms with Crippen LogP contribution >= 0.6 is 0 Å². The molecule has 0 atom stereocenters. The van der Waals surface area contributed by atoms with Crippen molar-refractivity contribution in [3.8, 4) is 0 Å². The minimum atomic E-state index is -4.53. The molecule has 174 valence electrons. The quantitative estimate of drug-likeness (QED) is 0.644. The van der Waals surface area contributed by atoms with Crippen molar-refractivity contribution in [2.75, 3.05) is 25.0 Å². The first-order valence-electron chi connectivity index (χ1n) is 10.5. The number of piperidine rings is 1. The number of halogens is 3. The summed E-state index contributed by atoms with van der Waals surface area (Å²) in [5, 5.41) is 4.46. The van der Waals surface area contributed by atoms with Crippen molar-refractivity contribution >= 4 is 29.5 Å². The average molecular weight is 459 g/mol. The van der Waals surface area contributed by atoms with Crippen molar-refractivity contribution in [2.24, 2.45) is 5.92 Å². The number of benzene rings is 2. The Labute approximate surface area is 189 Å². The number of hydrogen-bond acceptors (Lipinski definition) is 3. The molecule has 0 aliphatic carbocycles. The number of para-hydroxylation sites is 1. The van der Waals surface area contributed by atoms with E-state index < -0.39 is 18.6 Å². The molecule has 0 saturated carbocycles. The lowest BCUT2D eigenvalue weighted by molar-refractivity contribution is -0.130. The fraction of sp³-hybridized carbons (Fsp3) is 0.292. The van der Waals surface area contributed by atoms with Crippen LogP contribution in [0.2, 0.25) is 0 Å². The maximum Gasteiger partial charge on any atom is 0.405 e. The van der Waals surface area contributed by atoms with Gasteiger partial charge in [0.05, 0.1) is 11.3 Å². The van der Waals surface area contributed by atoms with Crippen molar-refractivity contribution in [3.63, 3.8) is 0 Å². The van der Waals surface area contributed by atoms with Crippen LogP contribution in [0.25, 0.3) is 6.08 Å². The molecule has 1 heterocycles. The van der Waals surface area contributed by atoms with E-state index >= 15 is 0 Å². The van der Waals surface area contributed by atoms with Crippen LogP contribution in [0.15, 0.2) is 60.7 Å². The number of carbonyl (C=O) groups excluding carboxylic acids is 3. The molecule has 0 unspecified atom stereocenters. The van der Waals surface area contributed by atoms with Crippen molar-refractivity contribution < 1.29 is 27.6 Å². The zero-order valence-electron chi connectivity index (χ0n) is 17.8. The Kier molecular flexibility index (Phi) is 7.87. The summed E-state index contributed by atoms with van der Waals surface area (Å²) in [6.45, 7) is -0.646. The molecule has 1 aliphatic rings. The van der Waals surface area contributed by atoms with Gasteiger partial charge in [-0.25, -0.2) is 0 Å². The minimum Gasteiger partial charge on any atom is -0.343 e. The van der Waals surface area contributed by atoms with Crippen LogP contribution in [0.1, 0.15) is 28.8 Å². The number of alkyl halides is 3. The van der Waals surface area contributed by atoms with E-state index in [1.807, 2.05) is 35.6 Å². The fourth-order valence-corrected chi connectivity index (χ4v) is 3.50. The molecule has 3 rings (SSSR count).